The van der Waals surface area contributed by atoms with Crippen LogP contribution >= 0.6 is 15.9 Å². The van der Waals surface area contributed by atoms with E-state index in [4.69, 9.17) is 0 Å². The maximum Gasteiger partial charge on any atom is 0.152 e. The highest BCUT2D eigenvalue weighted by atomic mass is 79.9. The van der Waals surface area contributed by atoms with Crippen molar-refractivity contribution in [1.82, 2.24) is 0 Å². The van der Waals surface area contributed by atoms with Crippen LogP contribution in [-0.4, -0.2) is 29.6 Å². The molecule has 0 aromatic heterocycles. The molecule has 1 N–H and O–H groups in total. The Balaban J connectivity index is 1.98. The maximum absolute atomic E-state index is 11.2. The van der Waals surface area contributed by atoms with Crippen molar-refractivity contribution in [2.45, 2.75) is 43.9 Å². The van der Waals surface area contributed by atoms with Crippen LogP contribution in [-0.2, 0) is 0 Å². The third-order valence-electron chi connectivity index (χ3n) is 4.10. The second-order valence-corrected chi connectivity index (χ2v) is 6.15. The first-order valence-corrected chi connectivity index (χ1v) is 7.19. The fourth-order valence-corrected chi connectivity index (χ4v) is 3.78. The number of piperidine rings is 1. The number of nitrogens with zero attached hydrogens (tertiary/aromatic N) is 1. The fraction of sp³-hybridized carbons (Fsp3) is 0.500. The largest absolute Gasteiger partial charge is 0.393 e. The van der Waals surface area contributed by atoms with E-state index in [0.717, 1.165) is 47.7 Å². The van der Waals surface area contributed by atoms with E-state index in [1.165, 1.54) is 0 Å². The smallest absolute Gasteiger partial charge is 0.152 e. The van der Waals surface area contributed by atoms with Crippen molar-refractivity contribution in [2.75, 3.05) is 4.90 Å². The van der Waals surface area contributed by atoms with Gasteiger partial charge in [0.2, 0.25) is 0 Å². The van der Waals surface area contributed by atoms with E-state index in [9.17, 15) is 9.90 Å². The normalized spacial score (nSPS) is 30.6. The average Bonchev–Trinajstić information content (AvgIpc) is 2.62. The number of hydrogen-bond acceptors (Lipinski definition) is 3. The zero-order valence-electron chi connectivity index (χ0n) is 10.1. The topological polar surface area (TPSA) is 40.5 Å². The predicted octanol–water partition coefficient (Wildman–Crippen LogP) is 2.75. The summed E-state index contributed by atoms with van der Waals surface area (Å²) in [5.74, 6) is 0. The molecule has 1 aromatic rings. The molecule has 2 unspecified atom stereocenters. The van der Waals surface area contributed by atoms with E-state index in [1.807, 2.05) is 18.2 Å². The number of carbonyl (C=O) groups is 1. The molecule has 2 heterocycles. The van der Waals surface area contributed by atoms with Gasteiger partial charge < -0.3 is 10.0 Å². The van der Waals surface area contributed by atoms with E-state index in [1.54, 1.807) is 0 Å². The van der Waals surface area contributed by atoms with E-state index < -0.39 is 0 Å². The maximum atomic E-state index is 11.2. The molecule has 2 fully saturated rings. The van der Waals surface area contributed by atoms with Gasteiger partial charge in [-0.3, -0.25) is 4.79 Å². The van der Waals surface area contributed by atoms with Gasteiger partial charge in [0.1, 0.15) is 0 Å². The summed E-state index contributed by atoms with van der Waals surface area (Å²) in [5.41, 5.74) is 1.75. The minimum Gasteiger partial charge on any atom is -0.393 e. The molecule has 0 saturated carbocycles. The van der Waals surface area contributed by atoms with Gasteiger partial charge in [-0.1, -0.05) is 15.9 Å². The molecule has 3 nitrogen and oxygen atoms in total. The molecule has 2 aliphatic heterocycles. The number of rotatable bonds is 2. The van der Waals surface area contributed by atoms with Gasteiger partial charge in [0.05, 0.1) is 6.10 Å². The Morgan fingerprint density at radius 3 is 2.56 bits per heavy atom. The number of carbonyl (C=O) groups excluding carboxylic acids is 1. The third kappa shape index (κ3) is 1.97. The minimum absolute atomic E-state index is 0.172. The van der Waals surface area contributed by atoms with Gasteiger partial charge in [-0.05, 0) is 43.9 Å². The highest BCUT2D eigenvalue weighted by molar-refractivity contribution is 9.10. The summed E-state index contributed by atoms with van der Waals surface area (Å²) >= 11 is 3.40. The lowest BCUT2D eigenvalue weighted by atomic mass is 9.98. The lowest BCUT2D eigenvalue weighted by molar-refractivity contribution is 0.112. The Morgan fingerprint density at radius 1 is 1.28 bits per heavy atom. The van der Waals surface area contributed by atoms with Gasteiger partial charge in [0.25, 0.3) is 0 Å². The number of fused-ring (bicyclic) bond motifs is 2. The molecule has 0 aliphatic carbocycles. The lowest BCUT2D eigenvalue weighted by Gasteiger charge is -2.39. The average molecular weight is 310 g/mol. The minimum atomic E-state index is -0.172. The Labute approximate surface area is 115 Å². The van der Waals surface area contributed by atoms with Crippen LogP contribution in [0.25, 0.3) is 0 Å². The zero-order chi connectivity index (χ0) is 12.7. The molecule has 2 atom stereocenters. The quantitative estimate of drug-likeness (QED) is 0.854. The van der Waals surface area contributed by atoms with Crippen molar-refractivity contribution in [3.63, 3.8) is 0 Å². The van der Waals surface area contributed by atoms with Gasteiger partial charge in [-0.15, -0.1) is 0 Å². The van der Waals surface area contributed by atoms with Gasteiger partial charge in [0.15, 0.2) is 6.29 Å². The van der Waals surface area contributed by atoms with Crippen LogP contribution < -0.4 is 4.90 Å². The van der Waals surface area contributed by atoms with Crippen molar-refractivity contribution in [1.29, 1.82) is 0 Å². The van der Waals surface area contributed by atoms with E-state index in [2.05, 4.69) is 20.8 Å². The lowest BCUT2D eigenvalue weighted by Crippen LogP contribution is -2.45. The Kier molecular flexibility index (Phi) is 3.16. The van der Waals surface area contributed by atoms with Crippen LogP contribution in [0, 0.1) is 0 Å². The Morgan fingerprint density at radius 2 is 1.94 bits per heavy atom. The van der Waals surface area contributed by atoms with Crippen LogP contribution in [0.2, 0.25) is 0 Å². The number of halogens is 1. The second kappa shape index (κ2) is 4.67. The summed E-state index contributed by atoms with van der Waals surface area (Å²) < 4.78 is 0.928. The molecule has 0 radical (unpaired) electrons. The van der Waals surface area contributed by atoms with Crippen LogP contribution in [0.1, 0.15) is 36.0 Å². The summed E-state index contributed by atoms with van der Waals surface area (Å²) in [6.45, 7) is 0. The van der Waals surface area contributed by atoms with Gasteiger partial charge >= 0.3 is 0 Å². The Bertz CT molecular complexity index is 463. The molecule has 2 bridgehead atoms. The van der Waals surface area contributed by atoms with Gasteiger partial charge in [-0.25, -0.2) is 0 Å². The molecule has 2 saturated heterocycles. The highest BCUT2D eigenvalue weighted by Crippen LogP contribution is 2.40. The van der Waals surface area contributed by atoms with Gasteiger partial charge in [-0.2, -0.15) is 0 Å². The van der Waals surface area contributed by atoms with Crippen molar-refractivity contribution in [3.05, 3.63) is 28.2 Å². The molecule has 18 heavy (non-hydrogen) atoms. The van der Waals surface area contributed by atoms with Crippen LogP contribution in [0.3, 0.4) is 0 Å². The number of anilines is 1. The van der Waals surface area contributed by atoms with Crippen LogP contribution in [0.15, 0.2) is 22.7 Å². The molecule has 4 heteroatoms. The van der Waals surface area contributed by atoms with Crippen molar-refractivity contribution in [2.24, 2.45) is 0 Å². The van der Waals surface area contributed by atoms with Crippen molar-refractivity contribution < 1.29 is 9.90 Å². The standard InChI is InChI=1S/C14H16BrNO2/c15-10-1-4-14(9(5-10)8-17)16-11-2-3-12(16)7-13(18)6-11/h1,4-5,8,11-13,18H,2-3,6-7H2. The summed E-state index contributed by atoms with van der Waals surface area (Å²) in [6, 6.07) is 6.63. The summed E-state index contributed by atoms with van der Waals surface area (Å²) in [7, 11) is 0. The van der Waals surface area contributed by atoms with Crippen LogP contribution in [0.5, 0.6) is 0 Å². The predicted molar refractivity (Wildman–Crippen MR) is 74.1 cm³/mol. The summed E-state index contributed by atoms with van der Waals surface area (Å²) in [4.78, 5) is 13.6. The number of aliphatic hydroxyl groups excluding tert-OH is 1. The van der Waals surface area contributed by atoms with E-state index >= 15 is 0 Å². The van der Waals surface area contributed by atoms with Crippen LogP contribution in [0.4, 0.5) is 5.69 Å². The SMILES string of the molecule is O=Cc1cc(Br)ccc1N1C2CCC1CC(O)C2. The second-order valence-electron chi connectivity index (χ2n) is 5.24. The highest BCUT2D eigenvalue weighted by Gasteiger charge is 2.40. The molecule has 0 spiro atoms. The molecule has 3 rings (SSSR count). The molecular formula is C14H16BrNO2. The number of benzene rings is 1. The van der Waals surface area contributed by atoms with E-state index in [0.29, 0.717) is 12.1 Å². The molecule has 96 valence electrons. The summed E-state index contributed by atoms with van der Waals surface area (Å²) in [5, 5.41) is 9.82. The fourth-order valence-electron chi connectivity index (χ4n) is 3.40. The Hall–Kier alpha value is -0.870. The van der Waals surface area contributed by atoms with E-state index in [-0.39, 0.29) is 6.10 Å². The molecular weight excluding hydrogens is 294 g/mol. The monoisotopic (exact) mass is 309 g/mol. The first-order valence-electron chi connectivity index (χ1n) is 6.40. The molecule has 0 amide bonds. The summed E-state index contributed by atoms with van der Waals surface area (Å²) in [6.07, 6.45) is 4.64. The first-order chi connectivity index (χ1) is 8.69. The zero-order valence-corrected chi connectivity index (χ0v) is 11.6. The molecule has 2 aliphatic rings. The number of hydrogen-bond donors (Lipinski definition) is 1. The van der Waals surface area contributed by atoms with Crippen molar-refractivity contribution >= 4 is 27.9 Å². The van der Waals surface area contributed by atoms with Crippen molar-refractivity contribution in [3.8, 4) is 0 Å². The molecule has 1 aromatic carbocycles. The van der Waals surface area contributed by atoms with Gasteiger partial charge in [0, 0.05) is 27.8 Å². The number of aliphatic hydroxyl groups is 1. The third-order valence-corrected chi connectivity index (χ3v) is 4.60. The first kappa shape index (κ1) is 12.2. The number of aldehydes is 1.